The minimum absolute atomic E-state index is 0.0298. The molecule has 0 aromatic rings. The largest absolute Gasteiger partial charge is 0.336 e. The zero-order valence-electron chi connectivity index (χ0n) is 27.3. The van der Waals surface area contributed by atoms with Crippen molar-refractivity contribution in [3.63, 3.8) is 0 Å². The Balaban J connectivity index is 1.35. The second-order valence-electron chi connectivity index (χ2n) is 14.9. The van der Waals surface area contributed by atoms with Gasteiger partial charge in [0.05, 0.1) is 18.4 Å². The molecule has 1 aliphatic carbocycles. The molecule has 1 saturated carbocycles. The van der Waals surface area contributed by atoms with Gasteiger partial charge in [-0.2, -0.15) is 0 Å². The summed E-state index contributed by atoms with van der Waals surface area (Å²) in [5, 5.41) is 14.4. The lowest BCUT2D eigenvalue weighted by molar-refractivity contribution is -0.132. The van der Waals surface area contributed by atoms with E-state index in [-0.39, 0.29) is 54.6 Å². The number of piperidine rings is 2. The van der Waals surface area contributed by atoms with Crippen molar-refractivity contribution in [2.75, 3.05) is 32.7 Å². The Kier molecular flexibility index (Phi) is 10.2. The van der Waals surface area contributed by atoms with Crippen molar-refractivity contribution in [2.24, 2.45) is 23.7 Å². The van der Waals surface area contributed by atoms with Crippen LogP contribution >= 0.6 is 0 Å². The van der Waals surface area contributed by atoms with Crippen molar-refractivity contribution >= 4 is 11.9 Å². The number of carbonyl (C=O) groups excluding carboxylic acids is 2. The number of urea groups is 1. The summed E-state index contributed by atoms with van der Waals surface area (Å²) < 4.78 is 32.2. The summed E-state index contributed by atoms with van der Waals surface area (Å²) in [6.45, 7) is 13.5. The maximum atomic E-state index is 16.5. The van der Waals surface area contributed by atoms with Crippen LogP contribution in [0.4, 0.5) is 13.6 Å². The van der Waals surface area contributed by atoms with Crippen LogP contribution in [0.2, 0.25) is 0 Å². The van der Waals surface area contributed by atoms with Crippen molar-refractivity contribution < 1.29 is 18.4 Å². The minimum Gasteiger partial charge on any atom is -0.336 e. The van der Waals surface area contributed by atoms with Crippen LogP contribution in [0.25, 0.3) is 0 Å². The lowest BCUT2D eigenvalue weighted by Crippen LogP contribution is -2.79. The van der Waals surface area contributed by atoms with E-state index in [2.05, 4.69) is 65.7 Å². The predicted octanol–water partition coefficient (Wildman–Crippen LogP) is 3.15. The van der Waals surface area contributed by atoms with Gasteiger partial charge in [-0.15, -0.1) is 0 Å². The maximum Gasteiger partial charge on any atom is 0.320 e. The molecule has 9 nitrogen and oxygen atoms in total. The standard InChI is InChI=1S/C34H55F2N7O2/c1-5-29(44)41-13-14-42(21(4)19-41)32-25-17-27(36)31-24-16-23(10-11-26(24)35)37-12-8-6-7-9-22-15-28(30(20(2)3)38-18-22)43(33(25)39-31)34(45)40-32/h5-7,20-28,30-33,37-39H,1,8-19H2,2-4H3,(H,40,45)/b7-6+/t21-,22?,23?,24?,25?,26?,27?,28?,30?,31?,32?,33?/m0/s1. The summed E-state index contributed by atoms with van der Waals surface area (Å²) in [5.41, 5.74) is 0. The third-order valence-corrected chi connectivity index (χ3v) is 11.7. The fraction of sp³-hybridized carbons (Fsp3) is 0.824. The first kappa shape index (κ1) is 32.8. The van der Waals surface area contributed by atoms with E-state index in [9.17, 15) is 9.59 Å². The molecule has 5 aliphatic heterocycles. The fourth-order valence-corrected chi connectivity index (χ4v) is 9.43. The van der Waals surface area contributed by atoms with E-state index in [1.807, 2.05) is 4.90 Å². The van der Waals surface area contributed by atoms with Gasteiger partial charge in [0.25, 0.3) is 0 Å². The van der Waals surface area contributed by atoms with E-state index < -0.39 is 30.5 Å². The van der Waals surface area contributed by atoms with Gasteiger partial charge >= 0.3 is 6.03 Å². The number of hydrogen-bond acceptors (Lipinski definition) is 6. The average Bonchev–Trinajstić information content (AvgIpc) is 3.02. The van der Waals surface area contributed by atoms with E-state index in [0.29, 0.717) is 44.3 Å². The molecule has 0 spiro atoms. The number of amides is 3. The van der Waals surface area contributed by atoms with Crippen molar-refractivity contribution in [3.8, 4) is 0 Å². The fourth-order valence-electron chi connectivity index (χ4n) is 9.43. The third-order valence-electron chi connectivity index (χ3n) is 11.7. The first-order valence-electron chi connectivity index (χ1n) is 17.6. The van der Waals surface area contributed by atoms with Gasteiger partial charge in [0.1, 0.15) is 12.3 Å². The van der Waals surface area contributed by atoms with Crippen molar-refractivity contribution in [2.45, 2.75) is 121 Å². The highest BCUT2D eigenvalue weighted by molar-refractivity contribution is 5.87. The van der Waals surface area contributed by atoms with E-state index in [0.717, 1.165) is 38.8 Å². The molecule has 45 heavy (non-hydrogen) atoms. The molecule has 11 unspecified atom stereocenters. The number of alkyl halides is 2. The molecule has 0 aromatic carbocycles. The molecule has 252 valence electrons. The minimum atomic E-state index is -1.23. The van der Waals surface area contributed by atoms with Gasteiger partial charge in [-0.1, -0.05) is 32.6 Å². The summed E-state index contributed by atoms with van der Waals surface area (Å²) >= 11 is 0. The topological polar surface area (TPSA) is 92.0 Å². The molecule has 0 aromatic heterocycles. The molecule has 6 rings (SSSR count). The first-order chi connectivity index (χ1) is 21.7. The lowest BCUT2D eigenvalue weighted by atomic mass is 9.73. The van der Waals surface area contributed by atoms with Crippen molar-refractivity contribution in [1.82, 2.24) is 36.0 Å². The van der Waals surface area contributed by atoms with Crippen LogP contribution in [0.1, 0.15) is 65.7 Å². The Morgan fingerprint density at radius 1 is 1.04 bits per heavy atom. The summed E-state index contributed by atoms with van der Waals surface area (Å²) in [5.74, 6) is -0.110. The molecule has 3 amide bonds. The number of allylic oxidation sites excluding steroid dienone is 1. The highest BCUT2D eigenvalue weighted by atomic mass is 19.1. The van der Waals surface area contributed by atoms with Gasteiger partial charge < -0.3 is 25.8 Å². The first-order valence-corrected chi connectivity index (χ1v) is 17.6. The van der Waals surface area contributed by atoms with Gasteiger partial charge in [-0.25, -0.2) is 13.6 Å². The van der Waals surface area contributed by atoms with Crippen LogP contribution in [0, 0.1) is 23.7 Å². The maximum absolute atomic E-state index is 16.5. The molecule has 5 heterocycles. The normalized spacial score (nSPS) is 43.8. The second kappa shape index (κ2) is 14.0. The van der Waals surface area contributed by atoms with E-state index in [1.165, 1.54) is 6.08 Å². The van der Waals surface area contributed by atoms with Crippen LogP contribution in [-0.4, -0.2) is 114 Å². The molecule has 0 radical (unpaired) electrons. The molecule has 4 saturated heterocycles. The molecule has 4 N–H and O–H groups in total. The number of halogens is 2. The number of hydrogen-bond donors (Lipinski definition) is 4. The second-order valence-corrected chi connectivity index (χ2v) is 14.9. The number of piperazine rings is 1. The molecule has 6 aliphatic rings. The highest BCUT2D eigenvalue weighted by Gasteiger charge is 2.56. The Morgan fingerprint density at radius 2 is 1.87 bits per heavy atom. The summed E-state index contributed by atoms with van der Waals surface area (Å²) in [4.78, 5) is 32.8. The number of nitrogens with one attached hydrogen (secondary N) is 4. The molecule has 6 bridgehead atoms. The Bertz CT molecular complexity index is 1110. The third kappa shape index (κ3) is 6.69. The Morgan fingerprint density at radius 3 is 2.62 bits per heavy atom. The lowest BCUT2D eigenvalue weighted by Gasteiger charge is -2.59. The Labute approximate surface area is 268 Å². The monoisotopic (exact) mass is 631 g/mol. The Hall–Kier alpha value is -2.08. The van der Waals surface area contributed by atoms with Gasteiger partial charge in [0, 0.05) is 55.6 Å². The van der Waals surface area contributed by atoms with Crippen molar-refractivity contribution in [1.29, 1.82) is 0 Å². The number of nitrogens with zero attached hydrogens (tertiary/aromatic N) is 3. The van der Waals surface area contributed by atoms with Crippen LogP contribution in [-0.2, 0) is 4.79 Å². The molecule has 5 fully saturated rings. The van der Waals surface area contributed by atoms with Gasteiger partial charge in [0.2, 0.25) is 5.91 Å². The molecular formula is C34H55F2N7O2. The molecule has 11 heteroatoms. The average molecular weight is 632 g/mol. The number of carbonyl (C=O) groups is 2. The van der Waals surface area contributed by atoms with E-state index in [1.54, 1.807) is 4.90 Å². The van der Waals surface area contributed by atoms with Gasteiger partial charge in [-0.05, 0) is 82.9 Å². The summed E-state index contributed by atoms with van der Waals surface area (Å²) in [6, 6.07) is -0.645. The van der Waals surface area contributed by atoms with Crippen molar-refractivity contribution in [3.05, 3.63) is 24.8 Å². The molecular weight excluding hydrogens is 576 g/mol. The van der Waals surface area contributed by atoms with Crippen LogP contribution in [0.15, 0.2) is 24.8 Å². The SMILES string of the molecule is C=CC(=O)N1CCN(C2NC(=O)N3C4CC(C/C=C/CCNC5CCC(F)C(C5)C5NC3C2CC5F)CNC4C(C)C)[C@@H](C)C1. The van der Waals surface area contributed by atoms with Crippen LogP contribution in [0.5, 0.6) is 0 Å². The number of fused-ring (bicyclic) bond motifs is 7. The number of rotatable bonds is 3. The predicted molar refractivity (Wildman–Crippen MR) is 172 cm³/mol. The zero-order valence-corrected chi connectivity index (χ0v) is 27.3. The quantitative estimate of drug-likeness (QED) is 0.283. The van der Waals surface area contributed by atoms with Crippen LogP contribution in [0.3, 0.4) is 0 Å². The van der Waals surface area contributed by atoms with E-state index in [4.69, 9.17) is 0 Å². The highest BCUT2D eigenvalue weighted by Crippen LogP contribution is 2.42. The van der Waals surface area contributed by atoms with E-state index >= 15 is 8.78 Å². The van der Waals surface area contributed by atoms with Crippen LogP contribution < -0.4 is 21.3 Å². The van der Waals surface area contributed by atoms with Gasteiger partial charge in [-0.3, -0.25) is 15.0 Å². The van der Waals surface area contributed by atoms with Gasteiger partial charge in [0.15, 0.2) is 0 Å². The smallest absolute Gasteiger partial charge is 0.320 e. The summed E-state index contributed by atoms with van der Waals surface area (Å²) in [6.07, 6.45) is 7.52. The molecule has 12 atom stereocenters. The zero-order chi connectivity index (χ0) is 31.8. The summed E-state index contributed by atoms with van der Waals surface area (Å²) in [7, 11) is 0.